The molecule has 0 saturated carbocycles. The number of rotatable bonds is 4. The maximum atomic E-state index is 12.6. The molecule has 2 heterocycles. The number of hydrogen-bond acceptors (Lipinski definition) is 3. The number of aromatic nitrogens is 1. The fourth-order valence-corrected chi connectivity index (χ4v) is 2.76. The Hall–Kier alpha value is -1.91. The Morgan fingerprint density at radius 2 is 2.10 bits per heavy atom. The van der Waals surface area contributed by atoms with Gasteiger partial charge in [0.1, 0.15) is 12.1 Å². The summed E-state index contributed by atoms with van der Waals surface area (Å²) in [5.41, 5.74) is 2.07. The molecule has 2 amide bonds. The summed E-state index contributed by atoms with van der Waals surface area (Å²) >= 11 is 0. The molecule has 0 radical (unpaired) electrons. The normalized spacial score (nSPS) is 22.6. The largest absolute Gasteiger partial charge is 0.343 e. The summed E-state index contributed by atoms with van der Waals surface area (Å²) in [6.45, 7) is 8.27. The Morgan fingerprint density at radius 1 is 1.38 bits per heavy atom. The van der Waals surface area contributed by atoms with Crippen LogP contribution >= 0.6 is 0 Å². The van der Waals surface area contributed by atoms with Gasteiger partial charge in [-0.3, -0.25) is 14.6 Å². The molecule has 2 unspecified atom stereocenters. The Labute approximate surface area is 125 Å². The van der Waals surface area contributed by atoms with Gasteiger partial charge in [-0.05, 0) is 36.5 Å². The van der Waals surface area contributed by atoms with Crippen LogP contribution in [0.25, 0.3) is 0 Å². The number of carbonyl (C=O) groups excluding carboxylic acids is 2. The predicted octanol–water partition coefficient (Wildman–Crippen LogP) is 1.65. The zero-order valence-electron chi connectivity index (χ0n) is 13.1. The Bertz CT molecular complexity index is 542. The van der Waals surface area contributed by atoms with E-state index in [0.717, 1.165) is 11.1 Å². The molecule has 1 saturated heterocycles. The number of nitrogens with zero attached hydrogens (tertiary/aromatic N) is 2. The van der Waals surface area contributed by atoms with Crippen LogP contribution in [0.4, 0.5) is 0 Å². The number of hydrogen-bond donors (Lipinski definition) is 1. The molecule has 114 valence electrons. The highest BCUT2D eigenvalue weighted by Gasteiger charge is 2.41. The van der Waals surface area contributed by atoms with Gasteiger partial charge in [-0.25, -0.2) is 0 Å². The van der Waals surface area contributed by atoms with Gasteiger partial charge in [-0.1, -0.05) is 20.8 Å². The highest BCUT2D eigenvalue weighted by Crippen LogP contribution is 2.22. The summed E-state index contributed by atoms with van der Waals surface area (Å²) in [4.78, 5) is 30.8. The summed E-state index contributed by atoms with van der Waals surface area (Å²) in [5.74, 6) is 0.0146. The molecule has 5 heteroatoms. The van der Waals surface area contributed by atoms with Crippen LogP contribution in [0, 0.1) is 12.8 Å². The van der Waals surface area contributed by atoms with Crippen molar-refractivity contribution in [2.45, 2.75) is 52.7 Å². The third-order valence-corrected chi connectivity index (χ3v) is 4.03. The molecule has 1 aromatic heterocycles. The first kappa shape index (κ1) is 15.5. The number of aryl methyl sites for hydroxylation is 1. The Balaban J connectivity index is 2.32. The van der Waals surface area contributed by atoms with Gasteiger partial charge in [0.25, 0.3) is 0 Å². The molecule has 2 rings (SSSR count). The number of nitrogens with one attached hydrogen (secondary N) is 1. The van der Waals surface area contributed by atoms with Crippen molar-refractivity contribution in [2.24, 2.45) is 5.92 Å². The van der Waals surface area contributed by atoms with E-state index in [1.807, 2.05) is 33.8 Å². The molecule has 0 aromatic carbocycles. The minimum atomic E-state index is -0.417. The summed E-state index contributed by atoms with van der Waals surface area (Å²) in [5, 5.41) is 2.83. The quantitative estimate of drug-likeness (QED) is 0.917. The van der Waals surface area contributed by atoms with Crippen LogP contribution in [0.2, 0.25) is 0 Å². The second-order valence-electron chi connectivity index (χ2n) is 5.93. The molecular formula is C16H23N3O2. The average Bonchev–Trinajstić information content (AvgIpc) is 2.44. The second kappa shape index (κ2) is 6.24. The molecule has 21 heavy (non-hydrogen) atoms. The van der Waals surface area contributed by atoms with E-state index in [1.165, 1.54) is 0 Å². The lowest BCUT2D eigenvalue weighted by atomic mass is 9.95. The molecule has 1 aliphatic rings. The van der Waals surface area contributed by atoms with Crippen molar-refractivity contribution < 1.29 is 9.59 Å². The number of pyridine rings is 1. The second-order valence-corrected chi connectivity index (χ2v) is 5.93. The van der Waals surface area contributed by atoms with Crippen molar-refractivity contribution in [3.05, 3.63) is 29.6 Å². The highest BCUT2D eigenvalue weighted by molar-refractivity contribution is 5.97. The standard InChI is InChI=1S/C16H23N3O2/c1-5-13-16(21)19(14(10(2)3)15(20)18-13)9-12-8-17-7-6-11(12)4/h6-8,10,13-14H,5,9H2,1-4H3,(H,18,20). The van der Waals surface area contributed by atoms with Crippen molar-refractivity contribution in [3.63, 3.8) is 0 Å². The van der Waals surface area contributed by atoms with E-state index in [4.69, 9.17) is 0 Å². The first-order valence-electron chi connectivity index (χ1n) is 7.46. The summed E-state index contributed by atoms with van der Waals surface area (Å²) in [6, 6.07) is 1.09. The molecule has 2 atom stereocenters. The van der Waals surface area contributed by atoms with Gasteiger partial charge in [0.15, 0.2) is 0 Å². The minimum Gasteiger partial charge on any atom is -0.343 e. The lowest BCUT2D eigenvalue weighted by Gasteiger charge is -2.40. The monoisotopic (exact) mass is 289 g/mol. The van der Waals surface area contributed by atoms with Gasteiger partial charge in [-0.15, -0.1) is 0 Å². The average molecular weight is 289 g/mol. The van der Waals surface area contributed by atoms with Gasteiger partial charge < -0.3 is 10.2 Å². The first-order chi connectivity index (χ1) is 9.95. The van der Waals surface area contributed by atoms with Crippen LogP contribution in [0.5, 0.6) is 0 Å². The number of amides is 2. The summed E-state index contributed by atoms with van der Waals surface area (Å²) < 4.78 is 0. The molecule has 5 nitrogen and oxygen atoms in total. The number of carbonyl (C=O) groups is 2. The van der Waals surface area contributed by atoms with E-state index in [0.29, 0.717) is 13.0 Å². The SMILES string of the molecule is CCC1NC(=O)C(C(C)C)N(Cc2cnccc2C)C1=O. The lowest BCUT2D eigenvalue weighted by molar-refractivity contribution is -0.152. The molecule has 0 aliphatic carbocycles. The molecule has 1 fully saturated rings. The molecule has 1 N–H and O–H groups in total. The molecule has 0 spiro atoms. The minimum absolute atomic E-state index is 0.000877. The number of piperazine rings is 1. The zero-order valence-corrected chi connectivity index (χ0v) is 13.1. The van der Waals surface area contributed by atoms with Gasteiger partial charge >= 0.3 is 0 Å². The predicted molar refractivity (Wildman–Crippen MR) is 80.4 cm³/mol. The van der Waals surface area contributed by atoms with E-state index in [-0.39, 0.29) is 17.7 Å². The van der Waals surface area contributed by atoms with E-state index in [9.17, 15) is 9.59 Å². The Morgan fingerprint density at radius 3 is 2.67 bits per heavy atom. The van der Waals surface area contributed by atoms with Crippen molar-refractivity contribution in [1.29, 1.82) is 0 Å². The van der Waals surface area contributed by atoms with Crippen molar-refractivity contribution in [3.8, 4) is 0 Å². The van der Waals surface area contributed by atoms with E-state index < -0.39 is 12.1 Å². The smallest absolute Gasteiger partial charge is 0.246 e. The fourth-order valence-electron chi connectivity index (χ4n) is 2.76. The third-order valence-electron chi connectivity index (χ3n) is 4.03. The first-order valence-corrected chi connectivity index (χ1v) is 7.46. The van der Waals surface area contributed by atoms with Gasteiger partial charge in [0, 0.05) is 18.9 Å². The maximum Gasteiger partial charge on any atom is 0.246 e. The summed E-state index contributed by atoms with van der Waals surface area (Å²) in [7, 11) is 0. The van der Waals surface area contributed by atoms with E-state index >= 15 is 0 Å². The van der Waals surface area contributed by atoms with Crippen LogP contribution in [0.15, 0.2) is 18.5 Å². The molecular weight excluding hydrogens is 266 g/mol. The van der Waals surface area contributed by atoms with Crippen molar-refractivity contribution in [2.75, 3.05) is 0 Å². The van der Waals surface area contributed by atoms with Crippen molar-refractivity contribution >= 4 is 11.8 Å². The van der Waals surface area contributed by atoms with Crippen LogP contribution < -0.4 is 5.32 Å². The van der Waals surface area contributed by atoms with E-state index in [1.54, 1.807) is 17.3 Å². The van der Waals surface area contributed by atoms with Gasteiger partial charge in [-0.2, -0.15) is 0 Å². The van der Waals surface area contributed by atoms with Gasteiger partial charge in [0.05, 0.1) is 0 Å². The molecule has 1 aliphatic heterocycles. The molecule has 0 bridgehead atoms. The van der Waals surface area contributed by atoms with Crippen LogP contribution in [-0.4, -0.2) is 33.8 Å². The summed E-state index contributed by atoms with van der Waals surface area (Å²) in [6.07, 6.45) is 4.11. The van der Waals surface area contributed by atoms with Crippen LogP contribution in [-0.2, 0) is 16.1 Å². The van der Waals surface area contributed by atoms with E-state index in [2.05, 4.69) is 10.3 Å². The topological polar surface area (TPSA) is 62.3 Å². The highest BCUT2D eigenvalue weighted by atomic mass is 16.2. The lowest BCUT2D eigenvalue weighted by Crippen LogP contribution is -2.64. The third kappa shape index (κ3) is 3.06. The van der Waals surface area contributed by atoms with Gasteiger partial charge in [0.2, 0.25) is 11.8 Å². The molecule has 1 aromatic rings. The fraction of sp³-hybridized carbons (Fsp3) is 0.562. The van der Waals surface area contributed by atoms with Crippen LogP contribution in [0.1, 0.15) is 38.3 Å². The Kier molecular flexibility index (Phi) is 4.60. The van der Waals surface area contributed by atoms with Crippen LogP contribution in [0.3, 0.4) is 0 Å². The zero-order chi connectivity index (χ0) is 15.6. The maximum absolute atomic E-state index is 12.6. The van der Waals surface area contributed by atoms with Crippen molar-refractivity contribution in [1.82, 2.24) is 15.2 Å².